The molecule has 0 bridgehead atoms. The van der Waals surface area contributed by atoms with Gasteiger partial charge in [-0.05, 0) is 49.6 Å². The molecule has 3 rings (SSSR count). The van der Waals surface area contributed by atoms with Gasteiger partial charge >= 0.3 is 0 Å². The molecule has 2 N–H and O–H groups in total. The summed E-state index contributed by atoms with van der Waals surface area (Å²) >= 11 is 1.56. The van der Waals surface area contributed by atoms with E-state index >= 15 is 0 Å². The third kappa shape index (κ3) is 6.65. The van der Waals surface area contributed by atoms with E-state index in [-0.39, 0.29) is 17.7 Å². The molecule has 0 aliphatic carbocycles. The van der Waals surface area contributed by atoms with Crippen molar-refractivity contribution in [3.8, 4) is 0 Å². The molecule has 7 heteroatoms. The van der Waals surface area contributed by atoms with Crippen molar-refractivity contribution in [2.45, 2.75) is 50.4 Å². The average Bonchev–Trinajstić information content (AvgIpc) is 2.79. The van der Waals surface area contributed by atoms with Crippen LogP contribution in [0.4, 0.5) is 0 Å². The summed E-state index contributed by atoms with van der Waals surface area (Å²) in [5.74, 6) is -0.156. The molecule has 0 aliphatic rings. The number of nitrogens with zero attached hydrogens (tertiary/aromatic N) is 2. The summed E-state index contributed by atoms with van der Waals surface area (Å²) in [7, 11) is 0. The van der Waals surface area contributed by atoms with Crippen molar-refractivity contribution in [1.29, 1.82) is 0 Å². The lowest BCUT2D eigenvalue weighted by atomic mass is 9.94. The Morgan fingerprint density at radius 3 is 2.22 bits per heavy atom. The second kappa shape index (κ2) is 11.4. The topological polar surface area (TPSA) is 84.0 Å². The minimum absolute atomic E-state index is 0.215. The lowest BCUT2D eigenvalue weighted by Gasteiger charge is -2.17. The predicted octanol–water partition coefficient (Wildman–Crippen LogP) is 4.73. The van der Waals surface area contributed by atoms with Crippen LogP contribution in [0, 0.1) is 13.8 Å². The molecular weight excluding hydrogens is 420 g/mol. The third-order valence-corrected chi connectivity index (χ3v) is 5.86. The highest BCUT2D eigenvalue weighted by atomic mass is 32.2. The fourth-order valence-corrected chi connectivity index (χ4v) is 4.26. The highest BCUT2D eigenvalue weighted by Gasteiger charge is 2.20. The molecule has 6 nitrogen and oxygen atoms in total. The fourth-order valence-electron chi connectivity index (χ4n) is 3.36. The van der Waals surface area contributed by atoms with Crippen molar-refractivity contribution >= 4 is 23.6 Å². The highest BCUT2D eigenvalue weighted by Crippen LogP contribution is 2.22. The van der Waals surface area contributed by atoms with Gasteiger partial charge in [-0.3, -0.25) is 20.4 Å². The Hall–Kier alpha value is -3.19. The zero-order valence-corrected chi connectivity index (χ0v) is 19.4. The van der Waals surface area contributed by atoms with E-state index in [4.69, 9.17) is 0 Å². The fraction of sp³-hybridized carbons (Fsp3) is 0.280. The van der Waals surface area contributed by atoms with Gasteiger partial charge in [0.1, 0.15) is 0 Å². The summed E-state index contributed by atoms with van der Waals surface area (Å²) in [6.45, 7) is 5.94. The third-order valence-electron chi connectivity index (χ3n) is 4.94. The Labute approximate surface area is 193 Å². The largest absolute Gasteiger partial charge is 0.273 e. The maximum atomic E-state index is 12.7. The van der Waals surface area contributed by atoms with Crippen molar-refractivity contribution in [2.75, 3.05) is 0 Å². The van der Waals surface area contributed by atoms with Gasteiger partial charge in [0.15, 0.2) is 5.16 Å². The number of benzene rings is 2. The molecule has 1 unspecified atom stereocenters. The molecule has 1 aromatic heterocycles. The van der Waals surface area contributed by atoms with Crippen LogP contribution in [-0.4, -0.2) is 21.8 Å². The van der Waals surface area contributed by atoms with E-state index in [9.17, 15) is 9.59 Å². The van der Waals surface area contributed by atoms with Crippen molar-refractivity contribution in [3.05, 3.63) is 88.7 Å². The van der Waals surface area contributed by atoms with E-state index < -0.39 is 0 Å². The van der Waals surface area contributed by atoms with Crippen LogP contribution in [0.2, 0.25) is 0 Å². The number of hydrogen-bond donors (Lipinski definition) is 2. The van der Waals surface area contributed by atoms with Gasteiger partial charge in [-0.15, -0.1) is 0 Å². The van der Waals surface area contributed by atoms with Crippen LogP contribution >= 0.6 is 11.8 Å². The second-order valence-electron chi connectivity index (χ2n) is 7.61. The Kier molecular flexibility index (Phi) is 8.39. The lowest BCUT2D eigenvalue weighted by Crippen LogP contribution is -2.44. The first-order valence-electron chi connectivity index (χ1n) is 10.7. The van der Waals surface area contributed by atoms with Gasteiger partial charge < -0.3 is 0 Å². The number of rotatable bonds is 8. The number of aryl methyl sites for hydroxylation is 2. The monoisotopic (exact) mass is 448 g/mol. The zero-order valence-electron chi connectivity index (χ0n) is 18.6. The minimum atomic E-state index is -0.349. The maximum absolute atomic E-state index is 12.7. The average molecular weight is 449 g/mol. The number of aromatic nitrogens is 2. The molecule has 0 fully saturated rings. The Bertz CT molecular complexity index is 1040. The molecule has 0 aliphatic heterocycles. The smallest absolute Gasteiger partial charge is 0.269 e. The summed E-state index contributed by atoms with van der Waals surface area (Å²) in [4.78, 5) is 34.0. The number of hydrogen-bond acceptors (Lipinski definition) is 5. The maximum Gasteiger partial charge on any atom is 0.269 e. The van der Waals surface area contributed by atoms with Gasteiger partial charge in [-0.25, -0.2) is 9.97 Å². The number of nitrogens with one attached hydrogen (secondary N) is 2. The van der Waals surface area contributed by atoms with E-state index in [1.54, 1.807) is 23.9 Å². The molecule has 1 heterocycles. The summed E-state index contributed by atoms with van der Waals surface area (Å²) < 4.78 is 0. The van der Waals surface area contributed by atoms with E-state index in [1.165, 1.54) is 0 Å². The lowest BCUT2D eigenvalue weighted by molar-refractivity contribution is -0.123. The molecule has 2 amide bonds. The van der Waals surface area contributed by atoms with E-state index in [0.29, 0.717) is 17.7 Å². The van der Waals surface area contributed by atoms with Crippen molar-refractivity contribution in [2.24, 2.45) is 0 Å². The number of hydrazine groups is 1. The SMILES string of the molecule is CCCC(C(=O)NNC(=O)c1ccc(CSc2nc(C)cc(C)n2)cc1)c1ccccc1. The van der Waals surface area contributed by atoms with Crippen LogP contribution in [0.25, 0.3) is 0 Å². The molecule has 32 heavy (non-hydrogen) atoms. The van der Waals surface area contributed by atoms with Gasteiger partial charge in [-0.2, -0.15) is 0 Å². The Morgan fingerprint density at radius 2 is 1.59 bits per heavy atom. The standard InChI is InChI=1S/C25H28N4O2S/c1-4-8-22(20-9-6-5-7-10-20)24(31)29-28-23(30)21-13-11-19(12-14-21)16-32-25-26-17(2)15-18(3)27-25/h5-7,9-15,22H,4,8,16H2,1-3H3,(H,28,30)(H,29,31). The minimum Gasteiger partial charge on any atom is -0.273 e. The van der Waals surface area contributed by atoms with Crippen LogP contribution in [0.5, 0.6) is 0 Å². The Morgan fingerprint density at radius 1 is 0.938 bits per heavy atom. The first-order chi connectivity index (χ1) is 15.5. The molecule has 3 aromatic rings. The van der Waals surface area contributed by atoms with Gasteiger partial charge in [0.2, 0.25) is 5.91 Å². The molecule has 0 saturated heterocycles. The first kappa shape index (κ1) is 23.5. The molecule has 0 radical (unpaired) electrons. The highest BCUT2D eigenvalue weighted by molar-refractivity contribution is 7.98. The van der Waals surface area contributed by atoms with Crippen LogP contribution < -0.4 is 10.9 Å². The van der Waals surface area contributed by atoms with E-state index in [1.807, 2.05) is 69.3 Å². The first-order valence-corrected chi connectivity index (χ1v) is 11.6. The molecule has 0 spiro atoms. The van der Waals surface area contributed by atoms with Gasteiger partial charge in [-0.1, -0.05) is 67.6 Å². The quantitative estimate of drug-likeness (QED) is 0.296. The van der Waals surface area contributed by atoms with Crippen LogP contribution in [0.3, 0.4) is 0 Å². The number of thioether (sulfide) groups is 1. The summed E-state index contributed by atoms with van der Waals surface area (Å²) in [6, 6.07) is 18.9. The number of amides is 2. The molecule has 2 aromatic carbocycles. The molecule has 0 saturated carbocycles. The predicted molar refractivity (Wildman–Crippen MR) is 127 cm³/mol. The number of carbonyl (C=O) groups excluding carboxylic acids is 2. The van der Waals surface area contributed by atoms with Crippen LogP contribution in [-0.2, 0) is 10.5 Å². The summed E-state index contributed by atoms with van der Waals surface area (Å²) in [6.07, 6.45) is 1.58. The van der Waals surface area contributed by atoms with Gasteiger partial charge in [0.05, 0.1) is 5.92 Å². The molecule has 166 valence electrons. The van der Waals surface area contributed by atoms with Gasteiger partial charge in [0, 0.05) is 22.7 Å². The molecular formula is C25H28N4O2S. The molecule has 1 atom stereocenters. The number of carbonyl (C=O) groups is 2. The summed E-state index contributed by atoms with van der Waals surface area (Å²) in [5.41, 5.74) is 9.49. The van der Waals surface area contributed by atoms with Crippen molar-refractivity contribution in [1.82, 2.24) is 20.8 Å². The van der Waals surface area contributed by atoms with Crippen LogP contribution in [0.15, 0.2) is 65.8 Å². The normalized spacial score (nSPS) is 11.6. The van der Waals surface area contributed by atoms with Crippen molar-refractivity contribution < 1.29 is 9.59 Å². The zero-order chi connectivity index (χ0) is 22.9. The van der Waals surface area contributed by atoms with E-state index in [0.717, 1.165) is 34.1 Å². The van der Waals surface area contributed by atoms with Crippen molar-refractivity contribution in [3.63, 3.8) is 0 Å². The van der Waals surface area contributed by atoms with Gasteiger partial charge in [0.25, 0.3) is 5.91 Å². The van der Waals surface area contributed by atoms with Crippen LogP contribution in [0.1, 0.15) is 58.6 Å². The van der Waals surface area contributed by atoms with E-state index in [2.05, 4.69) is 20.8 Å². The Balaban J connectivity index is 1.54. The summed E-state index contributed by atoms with van der Waals surface area (Å²) in [5, 5.41) is 0.743. The second-order valence-corrected chi connectivity index (χ2v) is 8.56.